The predicted molar refractivity (Wildman–Crippen MR) is 82.4 cm³/mol. The topological polar surface area (TPSA) is 93.7 Å². The van der Waals surface area contributed by atoms with Crippen LogP contribution in [0, 0.1) is 0 Å². The second kappa shape index (κ2) is 9.62. The molecule has 0 aliphatic carbocycles. The van der Waals surface area contributed by atoms with Crippen molar-refractivity contribution in [1.29, 1.82) is 0 Å². The lowest BCUT2D eigenvalue weighted by Crippen LogP contribution is -2.27. The first-order valence-electron chi connectivity index (χ1n) is 6.53. The van der Waals surface area contributed by atoms with E-state index in [9.17, 15) is 13.2 Å². The molecule has 0 heterocycles. The highest BCUT2D eigenvalue weighted by molar-refractivity contribution is 7.89. The molecule has 0 aliphatic rings. The van der Waals surface area contributed by atoms with Crippen molar-refractivity contribution < 1.29 is 22.7 Å². The number of alkyl carbamates (subject to hydrolysis) is 1. The van der Waals surface area contributed by atoms with Gasteiger partial charge in [0.2, 0.25) is 10.0 Å². The number of rotatable bonds is 9. The molecule has 1 amide bonds. The number of hydrogen-bond acceptors (Lipinski definition) is 5. The van der Waals surface area contributed by atoms with Crippen molar-refractivity contribution in [2.75, 3.05) is 32.7 Å². The van der Waals surface area contributed by atoms with E-state index in [1.54, 1.807) is 12.1 Å². The van der Waals surface area contributed by atoms with E-state index in [4.69, 9.17) is 21.1 Å². The number of methoxy groups -OCH3 is 1. The summed E-state index contributed by atoms with van der Waals surface area (Å²) in [5, 5.41) is 2.53. The van der Waals surface area contributed by atoms with E-state index in [0.717, 1.165) is 5.56 Å². The summed E-state index contributed by atoms with van der Waals surface area (Å²) in [6.45, 7) is 0.871. The molecule has 1 aromatic carbocycles. The van der Waals surface area contributed by atoms with Gasteiger partial charge in [-0.1, -0.05) is 12.1 Å². The number of amides is 1. The van der Waals surface area contributed by atoms with Crippen LogP contribution >= 0.6 is 11.6 Å². The molecule has 7 nitrogen and oxygen atoms in total. The molecule has 0 aliphatic heterocycles. The third-order valence-electron chi connectivity index (χ3n) is 2.58. The number of carbonyl (C=O) groups excluding carboxylic acids is 1. The normalized spacial score (nSPS) is 11.2. The van der Waals surface area contributed by atoms with E-state index < -0.39 is 16.1 Å². The highest BCUT2D eigenvalue weighted by atomic mass is 35.5. The van der Waals surface area contributed by atoms with Crippen LogP contribution in [0.5, 0.6) is 0 Å². The van der Waals surface area contributed by atoms with Crippen LogP contribution in [0.25, 0.3) is 0 Å². The largest absolute Gasteiger partial charge is 0.448 e. The molecule has 0 fully saturated rings. The molecular formula is C13H19ClN2O5S. The fourth-order valence-electron chi connectivity index (χ4n) is 1.50. The first-order valence-corrected chi connectivity index (χ1v) is 8.55. The molecule has 0 unspecified atom stereocenters. The molecule has 1 aromatic rings. The van der Waals surface area contributed by atoms with Crippen LogP contribution < -0.4 is 10.0 Å². The smallest absolute Gasteiger partial charge is 0.407 e. The van der Waals surface area contributed by atoms with E-state index >= 15 is 0 Å². The molecule has 0 aromatic heterocycles. The van der Waals surface area contributed by atoms with Gasteiger partial charge in [0.25, 0.3) is 0 Å². The van der Waals surface area contributed by atoms with Crippen LogP contribution in [0.4, 0.5) is 4.79 Å². The molecular weight excluding hydrogens is 332 g/mol. The van der Waals surface area contributed by atoms with Gasteiger partial charge in [0.05, 0.1) is 17.4 Å². The van der Waals surface area contributed by atoms with Crippen molar-refractivity contribution in [3.8, 4) is 0 Å². The predicted octanol–water partition coefficient (Wildman–Crippen LogP) is 1.08. The standard InChI is InChI=1S/C13H19ClN2O5S/c1-20-9-7-16-22(18,19)12-4-2-11(3-5-12)10-15-13(17)21-8-6-14/h2-5,16H,6-10H2,1H3,(H,15,17). The Bertz CT molecular complexity index is 562. The zero-order valence-electron chi connectivity index (χ0n) is 12.2. The van der Waals surface area contributed by atoms with Gasteiger partial charge in [0, 0.05) is 20.2 Å². The van der Waals surface area contributed by atoms with Gasteiger partial charge in [0.1, 0.15) is 6.61 Å². The fraction of sp³-hybridized carbons (Fsp3) is 0.462. The van der Waals surface area contributed by atoms with Crippen molar-refractivity contribution in [3.05, 3.63) is 29.8 Å². The van der Waals surface area contributed by atoms with E-state index in [0.29, 0.717) is 6.61 Å². The van der Waals surface area contributed by atoms with Crippen molar-refractivity contribution in [2.45, 2.75) is 11.4 Å². The Kier molecular flexibility index (Phi) is 8.18. The van der Waals surface area contributed by atoms with Crippen LogP contribution in [0.1, 0.15) is 5.56 Å². The van der Waals surface area contributed by atoms with Crippen molar-refractivity contribution in [1.82, 2.24) is 10.0 Å². The van der Waals surface area contributed by atoms with E-state index in [2.05, 4.69) is 10.0 Å². The summed E-state index contributed by atoms with van der Waals surface area (Å²) >= 11 is 5.39. The number of alkyl halides is 1. The Morgan fingerprint density at radius 3 is 2.50 bits per heavy atom. The molecule has 0 spiro atoms. The highest BCUT2D eigenvalue weighted by Crippen LogP contribution is 2.10. The lowest BCUT2D eigenvalue weighted by Gasteiger charge is -2.08. The van der Waals surface area contributed by atoms with Crippen molar-refractivity contribution >= 4 is 27.7 Å². The number of sulfonamides is 1. The third-order valence-corrected chi connectivity index (χ3v) is 4.21. The molecule has 0 atom stereocenters. The zero-order valence-corrected chi connectivity index (χ0v) is 13.7. The zero-order chi connectivity index (χ0) is 16.4. The second-order valence-corrected chi connectivity index (χ2v) is 6.36. The number of ether oxygens (including phenoxy) is 2. The molecule has 0 saturated heterocycles. The van der Waals surface area contributed by atoms with Gasteiger partial charge >= 0.3 is 6.09 Å². The summed E-state index contributed by atoms with van der Waals surface area (Å²) in [5.41, 5.74) is 0.749. The average Bonchev–Trinajstić information content (AvgIpc) is 2.51. The van der Waals surface area contributed by atoms with Crippen molar-refractivity contribution in [2.24, 2.45) is 0 Å². The quantitative estimate of drug-likeness (QED) is 0.513. The van der Waals surface area contributed by atoms with Gasteiger partial charge in [-0.15, -0.1) is 11.6 Å². The Morgan fingerprint density at radius 1 is 1.23 bits per heavy atom. The first kappa shape index (κ1) is 18.7. The highest BCUT2D eigenvalue weighted by Gasteiger charge is 2.13. The van der Waals surface area contributed by atoms with Crippen molar-refractivity contribution in [3.63, 3.8) is 0 Å². The summed E-state index contributed by atoms with van der Waals surface area (Å²) < 4.78 is 35.8. The minimum atomic E-state index is -3.55. The maximum absolute atomic E-state index is 11.9. The van der Waals surface area contributed by atoms with Crippen LogP contribution in [0.3, 0.4) is 0 Å². The summed E-state index contributed by atoms with van der Waals surface area (Å²) in [4.78, 5) is 11.4. The van der Waals surface area contributed by atoms with Crippen LogP contribution in [-0.2, 0) is 26.0 Å². The Balaban J connectivity index is 2.53. The number of nitrogens with one attached hydrogen (secondary N) is 2. The van der Waals surface area contributed by atoms with Gasteiger partial charge in [-0.2, -0.15) is 0 Å². The lowest BCUT2D eigenvalue weighted by atomic mass is 10.2. The molecule has 0 saturated carbocycles. The summed E-state index contributed by atoms with van der Waals surface area (Å²) in [6, 6.07) is 6.17. The minimum absolute atomic E-state index is 0.137. The van der Waals surface area contributed by atoms with Crippen LogP contribution in [0.2, 0.25) is 0 Å². The SMILES string of the molecule is COCCNS(=O)(=O)c1ccc(CNC(=O)OCCCl)cc1. The van der Waals surface area contributed by atoms with Gasteiger partial charge in [-0.25, -0.2) is 17.9 Å². The van der Waals surface area contributed by atoms with E-state index in [1.165, 1.54) is 19.2 Å². The lowest BCUT2D eigenvalue weighted by molar-refractivity contribution is 0.152. The molecule has 2 N–H and O–H groups in total. The van der Waals surface area contributed by atoms with Gasteiger partial charge in [-0.3, -0.25) is 0 Å². The number of benzene rings is 1. The van der Waals surface area contributed by atoms with Gasteiger partial charge < -0.3 is 14.8 Å². The number of carbonyl (C=O) groups is 1. The summed E-state index contributed by atoms with van der Waals surface area (Å²) in [7, 11) is -2.05. The fourth-order valence-corrected chi connectivity index (χ4v) is 2.59. The second-order valence-electron chi connectivity index (χ2n) is 4.21. The molecule has 1 rings (SSSR count). The minimum Gasteiger partial charge on any atom is -0.448 e. The monoisotopic (exact) mass is 350 g/mol. The van der Waals surface area contributed by atoms with Crippen LogP contribution in [-0.4, -0.2) is 47.3 Å². The molecule has 22 heavy (non-hydrogen) atoms. The first-order chi connectivity index (χ1) is 10.5. The molecule has 0 radical (unpaired) electrons. The maximum atomic E-state index is 11.9. The summed E-state index contributed by atoms with van der Waals surface area (Å²) in [6.07, 6.45) is -0.571. The summed E-state index contributed by atoms with van der Waals surface area (Å²) in [5.74, 6) is 0.232. The Hall–Kier alpha value is -1.35. The molecule has 0 bridgehead atoms. The molecule has 124 valence electrons. The van der Waals surface area contributed by atoms with Crippen LogP contribution in [0.15, 0.2) is 29.2 Å². The number of halogens is 1. The van der Waals surface area contributed by atoms with Gasteiger partial charge in [-0.05, 0) is 17.7 Å². The third kappa shape index (κ3) is 6.61. The Morgan fingerprint density at radius 2 is 1.91 bits per heavy atom. The van der Waals surface area contributed by atoms with Gasteiger partial charge in [0.15, 0.2) is 0 Å². The van der Waals surface area contributed by atoms with E-state index in [1.807, 2.05) is 0 Å². The Labute approximate surface area is 135 Å². The number of hydrogen-bond donors (Lipinski definition) is 2. The maximum Gasteiger partial charge on any atom is 0.407 e. The molecule has 9 heteroatoms. The average molecular weight is 351 g/mol. The van der Waals surface area contributed by atoms with E-state index in [-0.39, 0.29) is 30.5 Å².